The lowest BCUT2D eigenvalue weighted by molar-refractivity contribution is 0.545. The fourth-order valence-electron chi connectivity index (χ4n) is 4.25. The number of benzene rings is 1. The van der Waals surface area contributed by atoms with E-state index in [0.29, 0.717) is 29.3 Å². The van der Waals surface area contributed by atoms with Gasteiger partial charge < -0.3 is 10.6 Å². The molecule has 1 aliphatic heterocycles. The molecule has 0 fully saturated rings. The van der Waals surface area contributed by atoms with Crippen molar-refractivity contribution < 1.29 is 0 Å². The van der Waals surface area contributed by atoms with Crippen molar-refractivity contribution in [3.05, 3.63) is 69.8 Å². The van der Waals surface area contributed by atoms with Crippen molar-refractivity contribution in [3.8, 4) is 5.82 Å². The first-order valence-corrected chi connectivity index (χ1v) is 11.4. The van der Waals surface area contributed by atoms with E-state index in [4.69, 9.17) is 9.97 Å². The van der Waals surface area contributed by atoms with Crippen LogP contribution in [0.2, 0.25) is 0 Å². The highest BCUT2D eigenvalue weighted by Gasteiger charge is 2.20. The van der Waals surface area contributed by atoms with Crippen LogP contribution in [0.4, 0.5) is 11.6 Å². The lowest BCUT2D eigenvalue weighted by Gasteiger charge is -2.19. The second-order valence-electron chi connectivity index (χ2n) is 9.43. The van der Waals surface area contributed by atoms with Crippen LogP contribution in [-0.4, -0.2) is 30.9 Å². The first-order chi connectivity index (χ1) is 15.8. The van der Waals surface area contributed by atoms with E-state index < -0.39 is 0 Å². The number of hydrogen-bond acceptors (Lipinski definition) is 6. The third kappa shape index (κ3) is 4.31. The topological polar surface area (TPSA) is 89.7 Å². The third-order valence-corrected chi connectivity index (χ3v) is 6.04. The summed E-state index contributed by atoms with van der Waals surface area (Å²) in [5.41, 5.74) is 4.85. The van der Waals surface area contributed by atoms with Gasteiger partial charge in [-0.05, 0) is 55.3 Å². The van der Waals surface area contributed by atoms with Gasteiger partial charge in [-0.3, -0.25) is 4.79 Å². The SMILES string of the molecule is CCn1c(=O)c2cnc(Nc3ccc4c(c3)CCNC4)nc2n1-c1cccc(C(C)(C)C)n1.Cl. The van der Waals surface area contributed by atoms with Gasteiger partial charge in [-0.1, -0.05) is 32.9 Å². The van der Waals surface area contributed by atoms with Gasteiger partial charge in [0.2, 0.25) is 5.95 Å². The Balaban J connectivity index is 0.00000274. The van der Waals surface area contributed by atoms with E-state index in [9.17, 15) is 4.79 Å². The summed E-state index contributed by atoms with van der Waals surface area (Å²) in [6.45, 7) is 10.7. The molecule has 0 amide bonds. The quantitative estimate of drug-likeness (QED) is 0.458. The Morgan fingerprint density at radius 3 is 2.71 bits per heavy atom. The summed E-state index contributed by atoms with van der Waals surface area (Å²) in [7, 11) is 0. The largest absolute Gasteiger partial charge is 0.324 e. The number of fused-ring (bicyclic) bond motifs is 2. The third-order valence-electron chi connectivity index (χ3n) is 6.04. The monoisotopic (exact) mass is 479 g/mol. The maximum atomic E-state index is 13.1. The van der Waals surface area contributed by atoms with Crippen molar-refractivity contribution in [2.75, 3.05) is 11.9 Å². The highest BCUT2D eigenvalue weighted by molar-refractivity contribution is 5.85. The highest BCUT2D eigenvalue weighted by atomic mass is 35.5. The second-order valence-corrected chi connectivity index (χ2v) is 9.43. The molecule has 2 N–H and O–H groups in total. The van der Waals surface area contributed by atoms with Crippen LogP contribution < -0.4 is 16.2 Å². The summed E-state index contributed by atoms with van der Waals surface area (Å²) < 4.78 is 3.46. The Morgan fingerprint density at radius 2 is 1.94 bits per heavy atom. The summed E-state index contributed by atoms with van der Waals surface area (Å²) in [6, 6.07) is 12.2. The van der Waals surface area contributed by atoms with Crippen LogP contribution in [0, 0.1) is 0 Å². The van der Waals surface area contributed by atoms with Gasteiger partial charge in [0.25, 0.3) is 5.56 Å². The van der Waals surface area contributed by atoms with E-state index in [2.05, 4.69) is 48.5 Å². The predicted octanol–water partition coefficient (Wildman–Crippen LogP) is 4.11. The van der Waals surface area contributed by atoms with Gasteiger partial charge in [0, 0.05) is 36.1 Å². The zero-order chi connectivity index (χ0) is 23.2. The van der Waals surface area contributed by atoms with Gasteiger partial charge in [0.05, 0.1) is 0 Å². The summed E-state index contributed by atoms with van der Waals surface area (Å²) >= 11 is 0. The molecule has 5 rings (SSSR count). The van der Waals surface area contributed by atoms with Crippen molar-refractivity contribution in [1.82, 2.24) is 29.6 Å². The Hall–Kier alpha value is -3.23. The number of aromatic nitrogens is 5. The molecule has 0 saturated heterocycles. The Bertz CT molecular complexity index is 1400. The Kier molecular flexibility index (Phi) is 6.47. The molecule has 8 nitrogen and oxygen atoms in total. The normalized spacial score (nSPS) is 13.4. The molecule has 0 bridgehead atoms. The molecule has 4 aromatic rings. The van der Waals surface area contributed by atoms with Gasteiger partial charge in [-0.2, -0.15) is 4.98 Å². The molecule has 9 heteroatoms. The van der Waals surface area contributed by atoms with Crippen molar-refractivity contribution >= 4 is 35.1 Å². The van der Waals surface area contributed by atoms with E-state index in [1.807, 2.05) is 31.2 Å². The zero-order valence-electron chi connectivity index (χ0n) is 19.9. The smallest absolute Gasteiger partial charge is 0.278 e. The minimum atomic E-state index is -0.122. The number of nitrogens with zero attached hydrogens (tertiary/aromatic N) is 5. The number of pyridine rings is 1. The molecule has 1 aromatic carbocycles. The number of hydrogen-bond donors (Lipinski definition) is 2. The maximum Gasteiger partial charge on any atom is 0.278 e. The van der Waals surface area contributed by atoms with Gasteiger partial charge >= 0.3 is 0 Å². The molecule has 0 spiro atoms. The standard InChI is InChI=1S/C25H29N7O.ClH/c1-5-31-23(33)19-15-27-24(28-18-10-9-17-14-26-12-11-16(17)13-18)30-22(19)32(31)21-8-6-7-20(29-21)25(2,3)4;/h6-10,13,15,26H,5,11-12,14H2,1-4H3,(H,27,28,30);1H. The summed E-state index contributed by atoms with van der Waals surface area (Å²) in [4.78, 5) is 27.1. The van der Waals surface area contributed by atoms with E-state index >= 15 is 0 Å². The van der Waals surface area contributed by atoms with Crippen LogP contribution in [0.5, 0.6) is 0 Å². The van der Waals surface area contributed by atoms with Crippen molar-refractivity contribution in [2.45, 2.75) is 52.6 Å². The van der Waals surface area contributed by atoms with Crippen LogP contribution in [0.15, 0.2) is 47.4 Å². The van der Waals surface area contributed by atoms with Gasteiger partial charge in [0.15, 0.2) is 11.5 Å². The molecule has 34 heavy (non-hydrogen) atoms. The van der Waals surface area contributed by atoms with Gasteiger partial charge in [-0.25, -0.2) is 19.3 Å². The van der Waals surface area contributed by atoms with Crippen molar-refractivity contribution in [2.24, 2.45) is 0 Å². The molecule has 0 aliphatic carbocycles. The van der Waals surface area contributed by atoms with Crippen LogP contribution in [0.25, 0.3) is 16.9 Å². The number of anilines is 2. The molecular formula is C25H30ClN7O. The molecule has 0 saturated carbocycles. The summed E-state index contributed by atoms with van der Waals surface area (Å²) in [5.74, 6) is 1.12. The van der Waals surface area contributed by atoms with Crippen LogP contribution in [0.1, 0.15) is 44.5 Å². The van der Waals surface area contributed by atoms with E-state index in [1.54, 1.807) is 15.6 Å². The van der Waals surface area contributed by atoms with Gasteiger partial charge in [-0.15, -0.1) is 12.4 Å². The van der Waals surface area contributed by atoms with E-state index in [-0.39, 0.29) is 23.4 Å². The minimum Gasteiger partial charge on any atom is -0.324 e. The molecule has 0 radical (unpaired) electrons. The minimum absolute atomic E-state index is 0. The fraction of sp³-hybridized carbons (Fsp3) is 0.360. The number of rotatable bonds is 4. The zero-order valence-corrected chi connectivity index (χ0v) is 20.7. The maximum absolute atomic E-state index is 13.1. The molecular weight excluding hydrogens is 450 g/mol. The first-order valence-electron chi connectivity index (χ1n) is 11.4. The number of halogens is 1. The second kappa shape index (κ2) is 9.19. The van der Waals surface area contributed by atoms with Crippen LogP contribution in [-0.2, 0) is 24.9 Å². The lowest BCUT2D eigenvalue weighted by atomic mass is 9.92. The Labute approximate surface area is 204 Å². The fourth-order valence-corrected chi connectivity index (χ4v) is 4.25. The van der Waals surface area contributed by atoms with Crippen molar-refractivity contribution in [1.29, 1.82) is 0 Å². The predicted molar refractivity (Wildman–Crippen MR) is 138 cm³/mol. The van der Waals surface area contributed by atoms with Crippen molar-refractivity contribution in [3.63, 3.8) is 0 Å². The highest BCUT2D eigenvalue weighted by Crippen LogP contribution is 2.24. The van der Waals surface area contributed by atoms with Crippen LogP contribution in [0.3, 0.4) is 0 Å². The van der Waals surface area contributed by atoms with Gasteiger partial charge in [0.1, 0.15) is 5.39 Å². The molecule has 3 aromatic heterocycles. The average molecular weight is 480 g/mol. The average Bonchev–Trinajstić information content (AvgIpc) is 3.09. The number of nitrogens with one attached hydrogen (secondary N) is 2. The first kappa shape index (κ1) is 23.9. The summed E-state index contributed by atoms with van der Waals surface area (Å²) in [6.07, 6.45) is 2.60. The molecule has 0 atom stereocenters. The molecule has 178 valence electrons. The molecule has 0 unspecified atom stereocenters. The van der Waals surface area contributed by atoms with Crippen LogP contribution >= 0.6 is 12.4 Å². The molecule has 4 heterocycles. The van der Waals surface area contributed by atoms with E-state index in [1.165, 1.54) is 11.1 Å². The Morgan fingerprint density at radius 1 is 1.12 bits per heavy atom. The lowest BCUT2D eigenvalue weighted by Crippen LogP contribution is -2.23. The summed E-state index contributed by atoms with van der Waals surface area (Å²) in [5, 5.41) is 7.19. The molecule has 1 aliphatic rings. The van der Waals surface area contributed by atoms with E-state index in [0.717, 1.165) is 30.9 Å².